The molecule has 1 N–H and O–H groups in total. The van der Waals surface area contributed by atoms with Crippen molar-refractivity contribution in [1.82, 2.24) is 4.98 Å². The van der Waals surface area contributed by atoms with Gasteiger partial charge >= 0.3 is 5.97 Å². The number of carbonyl (C=O) groups is 1. The number of rotatable bonds is 5. The molecule has 0 fully saturated rings. The fraction of sp³-hybridized carbons (Fsp3) is 0.0667. The number of pyridine rings is 1. The van der Waals surface area contributed by atoms with E-state index in [4.69, 9.17) is 9.84 Å². The standard InChI is InChI=1S/C15H13NO3/c17-15(18)7-6-13-10-14(8-9-16-13)19-11-12-4-2-1-3-5-12/h1-10H,11H2,(H,17,18)/b7-6+. The molecule has 0 saturated carbocycles. The van der Waals surface area contributed by atoms with Crippen LogP contribution in [0.5, 0.6) is 5.75 Å². The van der Waals surface area contributed by atoms with Gasteiger partial charge < -0.3 is 9.84 Å². The lowest BCUT2D eigenvalue weighted by atomic mass is 10.2. The summed E-state index contributed by atoms with van der Waals surface area (Å²) < 4.78 is 5.62. The number of carboxylic acids is 1. The van der Waals surface area contributed by atoms with Crippen LogP contribution in [0.25, 0.3) is 6.08 Å². The minimum Gasteiger partial charge on any atom is -0.489 e. The van der Waals surface area contributed by atoms with Crippen LogP contribution in [0, 0.1) is 0 Å². The van der Waals surface area contributed by atoms with Gasteiger partial charge in [0.15, 0.2) is 0 Å². The van der Waals surface area contributed by atoms with Gasteiger partial charge in [-0.3, -0.25) is 4.98 Å². The number of hydrogen-bond acceptors (Lipinski definition) is 3. The zero-order chi connectivity index (χ0) is 13.5. The first-order valence-electron chi connectivity index (χ1n) is 5.78. The van der Waals surface area contributed by atoms with Gasteiger partial charge in [-0.1, -0.05) is 30.3 Å². The van der Waals surface area contributed by atoms with E-state index in [1.807, 2.05) is 30.3 Å². The molecule has 0 saturated heterocycles. The van der Waals surface area contributed by atoms with E-state index in [9.17, 15) is 4.79 Å². The van der Waals surface area contributed by atoms with E-state index in [0.29, 0.717) is 18.1 Å². The monoisotopic (exact) mass is 255 g/mol. The van der Waals surface area contributed by atoms with Gasteiger partial charge in [-0.2, -0.15) is 0 Å². The van der Waals surface area contributed by atoms with Crippen LogP contribution in [0.3, 0.4) is 0 Å². The van der Waals surface area contributed by atoms with Gasteiger partial charge in [-0.05, 0) is 17.7 Å². The highest BCUT2D eigenvalue weighted by Gasteiger charge is 1.98. The molecule has 0 spiro atoms. The minimum absolute atomic E-state index is 0.465. The van der Waals surface area contributed by atoms with Crippen molar-refractivity contribution in [2.75, 3.05) is 0 Å². The third-order valence-electron chi connectivity index (χ3n) is 2.40. The Bertz CT molecular complexity index is 579. The number of aromatic nitrogens is 1. The van der Waals surface area contributed by atoms with Crippen molar-refractivity contribution in [2.45, 2.75) is 6.61 Å². The predicted molar refractivity (Wildman–Crippen MR) is 71.7 cm³/mol. The molecule has 4 nitrogen and oxygen atoms in total. The van der Waals surface area contributed by atoms with Gasteiger partial charge in [0.05, 0.1) is 5.69 Å². The van der Waals surface area contributed by atoms with Crippen molar-refractivity contribution in [3.05, 3.63) is 66.0 Å². The summed E-state index contributed by atoms with van der Waals surface area (Å²) in [5.74, 6) is -0.346. The third-order valence-corrected chi connectivity index (χ3v) is 2.40. The molecule has 2 aromatic rings. The number of carboxylic acid groups (broad SMARTS) is 1. The molecular weight excluding hydrogens is 242 g/mol. The second-order valence-electron chi connectivity index (χ2n) is 3.86. The highest BCUT2D eigenvalue weighted by atomic mass is 16.5. The second kappa shape index (κ2) is 6.35. The molecule has 1 aromatic carbocycles. The first-order valence-corrected chi connectivity index (χ1v) is 5.78. The molecule has 0 atom stereocenters. The van der Waals surface area contributed by atoms with Crippen LogP contribution in [-0.4, -0.2) is 16.1 Å². The largest absolute Gasteiger partial charge is 0.489 e. The Balaban J connectivity index is 2.01. The summed E-state index contributed by atoms with van der Waals surface area (Å²) >= 11 is 0. The molecule has 0 aliphatic rings. The van der Waals surface area contributed by atoms with E-state index >= 15 is 0 Å². The van der Waals surface area contributed by atoms with E-state index in [1.165, 1.54) is 6.08 Å². The summed E-state index contributed by atoms with van der Waals surface area (Å²) in [6.07, 6.45) is 4.06. The fourth-order valence-corrected chi connectivity index (χ4v) is 1.51. The highest BCUT2D eigenvalue weighted by molar-refractivity contribution is 5.84. The summed E-state index contributed by atoms with van der Waals surface area (Å²) in [5.41, 5.74) is 1.62. The van der Waals surface area contributed by atoms with Gasteiger partial charge in [-0.15, -0.1) is 0 Å². The summed E-state index contributed by atoms with van der Waals surface area (Å²) in [6.45, 7) is 0.465. The molecule has 0 aliphatic carbocycles. The lowest BCUT2D eigenvalue weighted by Crippen LogP contribution is -1.95. The molecule has 0 unspecified atom stereocenters. The van der Waals surface area contributed by atoms with Crippen LogP contribution >= 0.6 is 0 Å². The summed E-state index contributed by atoms with van der Waals surface area (Å²) in [5, 5.41) is 8.55. The number of aliphatic carboxylic acids is 1. The predicted octanol–water partition coefficient (Wildman–Crippen LogP) is 2.76. The van der Waals surface area contributed by atoms with Crippen molar-refractivity contribution in [2.24, 2.45) is 0 Å². The van der Waals surface area contributed by atoms with E-state index in [1.54, 1.807) is 18.3 Å². The molecule has 1 heterocycles. The van der Waals surface area contributed by atoms with Crippen molar-refractivity contribution >= 4 is 12.0 Å². The molecule has 19 heavy (non-hydrogen) atoms. The fourth-order valence-electron chi connectivity index (χ4n) is 1.51. The summed E-state index contributed by atoms with van der Waals surface area (Å²) in [4.78, 5) is 14.5. The molecule has 0 radical (unpaired) electrons. The van der Waals surface area contributed by atoms with Crippen LogP contribution in [-0.2, 0) is 11.4 Å². The van der Waals surface area contributed by atoms with Crippen LogP contribution in [0.1, 0.15) is 11.3 Å². The second-order valence-corrected chi connectivity index (χ2v) is 3.86. The zero-order valence-electron chi connectivity index (χ0n) is 10.2. The molecule has 4 heteroatoms. The number of benzene rings is 1. The average molecular weight is 255 g/mol. The normalized spacial score (nSPS) is 10.5. The van der Waals surface area contributed by atoms with Crippen molar-refractivity contribution in [1.29, 1.82) is 0 Å². The number of hydrogen-bond donors (Lipinski definition) is 1. The Kier molecular flexibility index (Phi) is 4.29. The maximum atomic E-state index is 10.4. The number of ether oxygens (including phenoxy) is 1. The maximum absolute atomic E-state index is 10.4. The Morgan fingerprint density at radius 3 is 2.79 bits per heavy atom. The van der Waals surface area contributed by atoms with Gasteiger partial charge in [-0.25, -0.2) is 4.79 Å². The van der Waals surface area contributed by atoms with Gasteiger partial charge in [0.1, 0.15) is 12.4 Å². The van der Waals surface area contributed by atoms with Gasteiger partial charge in [0, 0.05) is 18.3 Å². The minimum atomic E-state index is -1.00. The van der Waals surface area contributed by atoms with Gasteiger partial charge in [0.25, 0.3) is 0 Å². The van der Waals surface area contributed by atoms with Crippen LogP contribution in [0.4, 0.5) is 0 Å². The molecule has 0 amide bonds. The first-order chi connectivity index (χ1) is 9.24. The Morgan fingerprint density at radius 2 is 2.05 bits per heavy atom. The topological polar surface area (TPSA) is 59.4 Å². The van der Waals surface area contributed by atoms with E-state index < -0.39 is 5.97 Å². The Labute approximate surface area is 111 Å². The smallest absolute Gasteiger partial charge is 0.328 e. The molecule has 96 valence electrons. The van der Waals surface area contributed by atoms with Crippen LogP contribution < -0.4 is 4.74 Å². The van der Waals surface area contributed by atoms with Gasteiger partial charge in [0.2, 0.25) is 0 Å². The van der Waals surface area contributed by atoms with Crippen LogP contribution in [0.2, 0.25) is 0 Å². The Morgan fingerprint density at radius 1 is 1.26 bits per heavy atom. The molecule has 0 bridgehead atoms. The van der Waals surface area contributed by atoms with Crippen molar-refractivity contribution in [3.8, 4) is 5.75 Å². The quantitative estimate of drug-likeness (QED) is 0.834. The lowest BCUT2D eigenvalue weighted by molar-refractivity contribution is -0.131. The average Bonchev–Trinajstić information content (AvgIpc) is 2.44. The molecule has 1 aromatic heterocycles. The maximum Gasteiger partial charge on any atom is 0.328 e. The first kappa shape index (κ1) is 12.8. The molecular formula is C15H13NO3. The zero-order valence-corrected chi connectivity index (χ0v) is 10.2. The number of nitrogens with zero attached hydrogens (tertiary/aromatic N) is 1. The molecule has 2 rings (SSSR count). The van der Waals surface area contributed by atoms with E-state index in [2.05, 4.69) is 4.98 Å². The third kappa shape index (κ3) is 4.27. The lowest BCUT2D eigenvalue weighted by Gasteiger charge is -2.06. The van der Waals surface area contributed by atoms with Crippen molar-refractivity contribution in [3.63, 3.8) is 0 Å². The van der Waals surface area contributed by atoms with Crippen molar-refractivity contribution < 1.29 is 14.6 Å². The SMILES string of the molecule is O=C(O)/C=C/c1cc(OCc2ccccc2)ccn1. The highest BCUT2D eigenvalue weighted by Crippen LogP contribution is 2.14. The Hall–Kier alpha value is -2.62. The summed E-state index contributed by atoms with van der Waals surface area (Å²) in [7, 11) is 0. The summed E-state index contributed by atoms with van der Waals surface area (Å²) in [6, 6.07) is 13.2. The van der Waals surface area contributed by atoms with Crippen LogP contribution in [0.15, 0.2) is 54.7 Å². The van der Waals surface area contributed by atoms with E-state index in [-0.39, 0.29) is 0 Å². The van der Waals surface area contributed by atoms with E-state index in [0.717, 1.165) is 11.6 Å². The molecule has 0 aliphatic heterocycles.